The Kier molecular flexibility index (Phi) is 3.05. The number of hydrogen-bond acceptors (Lipinski definition) is 4. The number of H-pyrrole nitrogens is 2. The minimum Gasteiger partial charge on any atom is -0.394 e. The van der Waals surface area contributed by atoms with Crippen LogP contribution in [0.25, 0.3) is 44.0 Å². The molecular weight excluding hydrogens is 371 g/mol. The van der Waals surface area contributed by atoms with Crippen LogP contribution in [-0.4, -0.2) is 24.7 Å². The predicted octanol–water partition coefficient (Wildman–Crippen LogP) is 3.56. The second kappa shape index (κ2) is 5.44. The maximum Gasteiger partial charge on any atom is 0.272 e. The number of rotatable bonds is 2. The Morgan fingerprint density at radius 3 is 2.86 bits per heavy atom. The molecule has 0 bridgehead atoms. The number of anilines is 1. The van der Waals surface area contributed by atoms with Gasteiger partial charge in [-0.2, -0.15) is 5.10 Å². The Morgan fingerprint density at radius 1 is 1.24 bits per heavy atom. The first-order chi connectivity index (χ1) is 14.0. The SMILES string of the molecule is Cn1cnc2c3[nH]c(=O)c(N)c(-c4ccc(F)c5[nH]ncc45)c3cc(C3CC3)c21. The van der Waals surface area contributed by atoms with Gasteiger partial charge in [0.2, 0.25) is 0 Å². The average molecular weight is 388 g/mol. The molecule has 4 N–H and O–H groups in total. The molecule has 1 aliphatic carbocycles. The predicted molar refractivity (Wildman–Crippen MR) is 110 cm³/mol. The molecule has 0 aliphatic heterocycles. The van der Waals surface area contributed by atoms with E-state index in [1.807, 2.05) is 11.6 Å². The smallest absolute Gasteiger partial charge is 0.272 e. The summed E-state index contributed by atoms with van der Waals surface area (Å²) < 4.78 is 16.2. The Bertz CT molecular complexity index is 1520. The third-order valence-corrected chi connectivity index (χ3v) is 5.89. The van der Waals surface area contributed by atoms with E-state index in [2.05, 4.69) is 26.2 Å². The number of pyridine rings is 1. The van der Waals surface area contributed by atoms with Gasteiger partial charge in [0.25, 0.3) is 5.56 Å². The van der Waals surface area contributed by atoms with E-state index in [0.29, 0.717) is 27.9 Å². The summed E-state index contributed by atoms with van der Waals surface area (Å²) in [6, 6.07) is 5.12. The maximum atomic E-state index is 14.2. The molecule has 5 aromatic rings. The van der Waals surface area contributed by atoms with Crippen LogP contribution in [0.15, 0.2) is 35.5 Å². The third-order valence-electron chi connectivity index (χ3n) is 5.89. The number of nitrogen functional groups attached to an aromatic ring is 1. The lowest BCUT2D eigenvalue weighted by molar-refractivity contribution is 0.636. The van der Waals surface area contributed by atoms with Crippen molar-refractivity contribution < 1.29 is 4.39 Å². The number of nitrogens with two attached hydrogens (primary N) is 1. The van der Waals surface area contributed by atoms with Gasteiger partial charge in [0.15, 0.2) is 0 Å². The second-order valence-corrected chi connectivity index (χ2v) is 7.71. The summed E-state index contributed by atoms with van der Waals surface area (Å²) in [7, 11) is 1.96. The summed E-state index contributed by atoms with van der Waals surface area (Å²) in [5.41, 5.74) is 11.1. The van der Waals surface area contributed by atoms with Crippen molar-refractivity contribution >= 4 is 38.5 Å². The number of imidazole rings is 1. The number of benzene rings is 2. The Morgan fingerprint density at radius 2 is 2.07 bits per heavy atom. The lowest BCUT2D eigenvalue weighted by Gasteiger charge is -2.14. The minimum atomic E-state index is -0.403. The Balaban J connectivity index is 1.83. The number of nitrogens with zero attached hydrogens (tertiary/aromatic N) is 3. The van der Waals surface area contributed by atoms with Crippen LogP contribution in [0.4, 0.5) is 10.1 Å². The van der Waals surface area contributed by atoms with Crippen LogP contribution in [0.5, 0.6) is 0 Å². The van der Waals surface area contributed by atoms with Crippen molar-refractivity contribution in [3.63, 3.8) is 0 Å². The van der Waals surface area contributed by atoms with Gasteiger partial charge < -0.3 is 15.3 Å². The van der Waals surface area contributed by atoms with Gasteiger partial charge in [-0.1, -0.05) is 6.07 Å². The molecule has 0 amide bonds. The van der Waals surface area contributed by atoms with E-state index in [4.69, 9.17) is 5.73 Å². The molecule has 0 spiro atoms. The highest BCUT2D eigenvalue weighted by atomic mass is 19.1. The topological polar surface area (TPSA) is 105 Å². The molecule has 0 radical (unpaired) electrons. The molecule has 7 nitrogen and oxygen atoms in total. The summed E-state index contributed by atoms with van der Waals surface area (Å²) in [6.45, 7) is 0. The van der Waals surface area contributed by atoms with Gasteiger partial charge in [-0.15, -0.1) is 0 Å². The van der Waals surface area contributed by atoms with E-state index in [1.54, 1.807) is 18.6 Å². The zero-order valence-corrected chi connectivity index (χ0v) is 15.6. The van der Waals surface area contributed by atoms with E-state index in [-0.39, 0.29) is 16.8 Å². The van der Waals surface area contributed by atoms with Gasteiger partial charge in [0.05, 0.1) is 23.6 Å². The van der Waals surface area contributed by atoms with Crippen LogP contribution in [0.3, 0.4) is 0 Å². The van der Waals surface area contributed by atoms with Crippen LogP contribution < -0.4 is 11.3 Å². The molecule has 29 heavy (non-hydrogen) atoms. The molecule has 1 saturated carbocycles. The van der Waals surface area contributed by atoms with Crippen LogP contribution >= 0.6 is 0 Å². The summed E-state index contributed by atoms with van der Waals surface area (Å²) in [5.74, 6) is 0.0696. The van der Waals surface area contributed by atoms with Gasteiger partial charge in [0.1, 0.15) is 22.5 Å². The lowest BCUT2D eigenvalue weighted by atomic mass is 9.94. The van der Waals surface area contributed by atoms with E-state index in [0.717, 1.165) is 29.3 Å². The van der Waals surface area contributed by atoms with E-state index in [1.165, 1.54) is 11.6 Å². The maximum absolute atomic E-state index is 14.2. The normalized spacial score (nSPS) is 14.4. The van der Waals surface area contributed by atoms with Gasteiger partial charge in [0, 0.05) is 23.4 Å². The molecule has 8 heteroatoms. The summed E-state index contributed by atoms with van der Waals surface area (Å²) in [5, 5.41) is 8.06. The molecule has 0 unspecified atom stereocenters. The van der Waals surface area contributed by atoms with Crippen molar-refractivity contribution in [1.29, 1.82) is 0 Å². The fraction of sp³-hybridized carbons (Fsp3) is 0.190. The van der Waals surface area contributed by atoms with Crippen molar-refractivity contribution in [3.8, 4) is 11.1 Å². The quantitative estimate of drug-likeness (QED) is 0.430. The van der Waals surface area contributed by atoms with Crippen molar-refractivity contribution in [2.24, 2.45) is 7.05 Å². The average Bonchev–Trinajstić information content (AvgIpc) is 3.29. The van der Waals surface area contributed by atoms with Crippen molar-refractivity contribution in [1.82, 2.24) is 24.7 Å². The highest BCUT2D eigenvalue weighted by Crippen LogP contribution is 2.46. The van der Waals surface area contributed by atoms with Crippen molar-refractivity contribution in [3.05, 3.63) is 52.5 Å². The Hall–Kier alpha value is -3.68. The van der Waals surface area contributed by atoms with Crippen LogP contribution in [0, 0.1) is 5.82 Å². The van der Waals surface area contributed by atoms with Gasteiger partial charge >= 0.3 is 0 Å². The molecule has 0 saturated heterocycles. The number of aromatic amines is 2. The second-order valence-electron chi connectivity index (χ2n) is 7.71. The molecular formula is C21H17FN6O. The van der Waals surface area contributed by atoms with Crippen molar-refractivity contribution in [2.45, 2.75) is 18.8 Å². The van der Waals surface area contributed by atoms with Gasteiger partial charge in [-0.3, -0.25) is 9.89 Å². The molecule has 0 atom stereocenters. The lowest BCUT2D eigenvalue weighted by Crippen LogP contribution is -2.14. The fourth-order valence-corrected chi connectivity index (χ4v) is 4.36. The summed E-state index contributed by atoms with van der Waals surface area (Å²) >= 11 is 0. The van der Waals surface area contributed by atoms with Crippen LogP contribution in [0.1, 0.15) is 24.3 Å². The molecule has 3 heterocycles. The fourth-order valence-electron chi connectivity index (χ4n) is 4.36. The molecule has 1 fully saturated rings. The van der Waals surface area contributed by atoms with Crippen LogP contribution in [0.2, 0.25) is 0 Å². The number of hydrogen-bond donors (Lipinski definition) is 3. The molecule has 2 aromatic carbocycles. The van der Waals surface area contributed by atoms with Gasteiger partial charge in [-0.05, 0) is 42.0 Å². The number of aromatic nitrogens is 5. The minimum absolute atomic E-state index is 0.101. The number of fused-ring (bicyclic) bond motifs is 4. The number of halogens is 1. The summed E-state index contributed by atoms with van der Waals surface area (Å²) in [4.78, 5) is 20.2. The first-order valence-electron chi connectivity index (χ1n) is 9.46. The Labute approximate surface area is 163 Å². The van der Waals surface area contributed by atoms with Gasteiger partial charge in [-0.25, -0.2) is 9.37 Å². The van der Waals surface area contributed by atoms with E-state index in [9.17, 15) is 9.18 Å². The zero-order chi connectivity index (χ0) is 19.9. The first-order valence-corrected chi connectivity index (χ1v) is 9.46. The number of aryl methyl sites for hydroxylation is 1. The van der Waals surface area contributed by atoms with Crippen LogP contribution in [-0.2, 0) is 7.05 Å². The largest absolute Gasteiger partial charge is 0.394 e. The monoisotopic (exact) mass is 388 g/mol. The van der Waals surface area contributed by atoms with E-state index >= 15 is 0 Å². The molecule has 144 valence electrons. The zero-order valence-electron chi connectivity index (χ0n) is 15.6. The first kappa shape index (κ1) is 16.3. The third kappa shape index (κ3) is 2.14. The standard InChI is InChI=1S/C21H17FN6O/c1-28-8-24-19-18-12(6-11(20(19)28)9-2-3-9)15(16(23)21(29)26-18)10-4-5-14(22)17-13(10)7-25-27-17/h4-9H,2-3,23H2,1H3,(H,25,27)(H,26,29). The summed E-state index contributed by atoms with van der Waals surface area (Å²) in [6.07, 6.45) is 5.57. The highest BCUT2D eigenvalue weighted by Gasteiger charge is 2.29. The highest BCUT2D eigenvalue weighted by molar-refractivity contribution is 6.14. The number of nitrogens with one attached hydrogen (secondary N) is 2. The molecule has 3 aromatic heterocycles. The molecule has 1 aliphatic rings. The van der Waals surface area contributed by atoms with E-state index < -0.39 is 5.82 Å². The van der Waals surface area contributed by atoms with Crippen molar-refractivity contribution in [2.75, 3.05) is 5.73 Å². The molecule has 6 rings (SSSR count).